The van der Waals surface area contributed by atoms with Gasteiger partial charge in [0.2, 0.25) is 17.7 Å². The van der Waals surface area contributed by atoms with Gasteiger partial charge in [-0.25, -0.2) is 4.79 Å². The van der Waals surface area contributed by atoms with Crippen molar-refractivity contribution in [3.05, 3.63) is 59.4 Å². The molecule has 1 aromatic rings. The standard InChI is InChI=1S/C32H43N5O7/c1-19(2)11-27(30(41)37-16-24(14-26(40)18-37)35-29(20(3)4)32(43)44)34-23-13-25(39)17-36(15-23)31(42)28(33-21(5)38)12-22-9-7-6-8-10-22/h6-10,13-14,19-20,27-29,34-35H,11-12,15-18H2,1-5H3,(H,33,38)(H,43,44)/t27-,28-,29-/m0/s1. The minimum Gasteiger partial charge on any atom is -0.480 e. The fourth-order valence-electron chi connectivity index (χ4n) is 5.32. The molecule has 0 aromatic heterocycles. The highest BCUT2D eigenvalue weighted by molar-refractivity contribution is 5.98. The van der Waals surface area contributed by atoms with E-state index in [1.807, 2.05) is 44.2 Å². The van der Waals surface area contributed by atoms with Crippen molar-refractivity contribution in [2.45, 2.75) is 65.6 Å². The van der Waals surface area contributed by atoms with Gasteiger partial charge in [-0.15, -0.1) is 0 Å². The quantitative estimate of drug-likeness (QED) is 0.256. The maximum Gasteiger partial charge on any atom is 0.326 e. The summed E-state index contributed by atoms with van der Waals surface area (Å²) in [6.07, 6.45) is 3.34. The van der Waals surface area contributed by atoms with Crippen molar-refractivity contribution in [1.29, 1.82) is 0 Å². The van der Waals surface area contributed by atoms with Gasteiger partial charge in [-0.1, -0.05) is 58.0 Å². The summed E-state index contributed by atoms with van der Waals surface area (Å²) in [5.41, 5.74) is 1.56. The Morgan fingerprint density at radius 1 is 0.795 bits per heavy atom. The summed E-state index contributed by atoms with van der Waals surface area (Å²) in [7, 11) is 0. The average molecular weight is 610 g/mol. The molecule has 0 spiro atoms. The smallest absolute Gasteiger partial charge is 0.326 e. The van der Waals surface area contributed by atoms with Crippen LogP contribution in [-0.2, 0) is 35.2 Å². The second-order valence-electron chi connectivity index (χ2n) is 12.1. The third-order valence-electron chi connectivity index (χ3n) is 7.31. The maximum absolute atomic E-state index is 13.8. The summed E-state index contributed by atoms with van der Waals surface area (Å²) >= 11 is 0. The lowest BCUT2D eigenvalue weighted by atomic mass is 10.00. The Hall–Kier alpha value is -4.48. The molecule has 0 radical (unpaired) electrons. The van der Waals surface area contributed by atoms with Crippen LogP contribution in [0.2, 0.25) is 0 Å². The molecular weight excluding hydrogens is 566 g/mol. The number of benzene rings is 1. The largest absolute Gasteiger partial charge is 0.480 e. The molecule has 0 saturated heterocycles. The molecule has 0 saturated carbocycles. The lowest BCUT2D eigenvalue weighted by molar-refractivity contribution is -0.140. The molecule has 3 amide bonds. The third-order valence-corrected chi connectivity index (χ3v) is 7.31. The lowest BCUT2D eigenvalue weighted by Crippen LogP contribution is -2.55. The van der Waals surface area contributed by atoms with Gasteiger partial charge >= 0.3 is 5.97 Å². The molecule has 2 heterocycles. The van der Waals surface area contributed by atoms with E-state index < -0.39 is 30.0 Å². The molecular formula is C32H43N5O7. The Morgan fingerprint density at radius 3 is 1.80 bits per heavy atom. The van der Waals surface area contributed by atoms with Crippen LogP contribution in [0, 0.1) is 11.8 Å². The number of rotatable bonds is 13. The Balaban J connectivity index is 1.76. The number of carboxylic acid groups (broad SMARTS) is 1. The minimum absolute atomic E-state index is 0.0254. The van der Waals surface area contributed by atoms with E-state index in [0.29, 0.717) is 17.8 Å². The SMILES string of the molecule is CC(=O)N[C@@H](Cc1ccccc1)C(=O)N1CC(=O)C=C(N[C@@H](CC(C)C)C(=O)N2CC(=O)C=C(N[C@H](C(=O)O)C(C)C)C2)C1. The zero-order valence-corrected chi connectivity index (χ0v) is 26.0. The van der Waals surface area contributed by atoms with Crippen LogP contribution in [-0.4, -0.2) is 94.5 Å². The molecule has 44 heavy (non-hydrogen) atoms. The predicted octanol–water partition coefficient (Wildman–Crippen LogP) is 1.03. The second kappa shape index (κ2) is 15.3. The van der Waals surface area contributed by atoms with Gasteiger partial charge in [-0.2, -0.15) is 0 Å². The molecule has 12 nitrogen and oxygen atoms in total. The number of carbonyl (C=O) groups is 6. The first-order valence-electron chi connectivity index (χ1n) is 14.8. The van der Waals surface area contributed by atoms with E-state index in [1.165, 1.54) is 28.9 Å². The second-order valence-corrected chi connectivity index (χ2v) is 12.1. The zero-order chi connectivity index (χ0) is 32.6. The Morgan fingerprint density at radius 2 is 1.32 bits per heavy atom. The Kier molecular flexibility index (Phi) is 11.8. The van der Waals surface area contributed by atoms with Crippen LogP contribution in [0.5, 0.6) is 0 Å². The lowest BCUT2D eigenvalue weighted by Gasteiger charge is -2.35. The normalized spacial score (nSPS) is 17.4. The molecule has 0 fully saturated rings. The van der Waals surface area contributed by atoms with E-state index in [0.717, 1.165) is 5.56 Å². The Labute approximate surface area is 257 Å². The van der Waals surface area contributed by atoms with Crippen LogP contribution in [0.4, 0.5) is 0 Å². The first-order chi connectivity index (χ1) is 20.7. The highest BCUT2D eigenvalue weighted by atomic mass is 16.4. The number of ketones is 2. The van der Waals surface area contributed by atoms with Gasteiger partial charge in [0.1, 0.15) is 18.1 Å². The molecule has 3 atom stereocenters. The van der Waals surface area contributed by atoms with Gasteiger partial charge in [0.15, 0.2) is 11.6 Å². The number of carbonyl (C=O) groups excluding carboxylic acids is 5. The summed E-state index contributed by atoms with van der Waals surface area (Å²) < 4.78 is 0. The number of carboxylic acids is 1. The highest BCUT2D eigenvalue weighted by Gasteiger charge is 2.34. The monoisotopic (exact) mass is 609 g/mol. The third kappa shape index (κ3) is 9.78. The van der Waals surface area contributed by atoms with E-state index in [4.69, 9.17) is 0 Å². The summed E-state index contributed by atoms with van der Waals surface area (Å²) in [6, 6.07) is 6.61. The number of nitrogens with one attached hydrogen (secondary N) is 3. The molecule has 0 aliphatic carbocycles. The fraction of sp³-hybridized carbons (Fsp3) is 0.500. The van der Waals surface area contributed by atoms with E-state index in [9.17, 15) is 33.9 Å². The number of amides is 3. The van der Waals surface area contributed by atoms with Crippen molar-refractivity contribution < 1.29 is 33.9 Å². The number of hydrogen-bond donors (Lipinski definition) is 4. The van der Waals surface area contributed by atoms with E-state index in [2.05, 4.69) is 16.0 Å². The molecule has 12 heteroatoms. The van der Waals surface area contributed by atoms with E-state index >= 15 is 0 Å². The zero-order valence-electron chi connectivity index (χ0n) is 26.0. The van der Waals surface area contributed by atoms with Crippen LogP contribution < -0.4 is 16.0 Å². The summed E-state index contributed by atoms with van der Waals surface area (Å²) in [5, 5.41) is 18.3. The molecule has 3 rings (SSSR count). The molecule has 4 N–H and O–H groups in total. The van der Waals surface area contributed by atoms with Crippen molar-refractivity contribution in [2.24, 2.45) is 11.8 Å². The van der Waals surface area contributed by atoms with Crippen LogP contribution in [0.3, 0.4) is 0 Å². The van der Waals surface area contributed by atoms with E-state index in [-0.39, 0.29) is 67.8 Å². The topological polar surface area (TPSA) is 165 Å². The van der Waals surface area contributed by atoms with Crippen LogP contribution in [0.1, 0.15) is 46.6 Å². The highest BCUT2D eigenvalue weighted by Crippen LogP contribution is 2.17. The van der Waals surface area contributed by atoms with Crippen LogP contribution in [0.25, 0.3) is 0 Å². The van der Waals surface area contributed by atoms with Gasteiger partial charge in [0.25, 0.3) is 0 Å². The first kappa shape index (κ1) is 34.0. The van der Waals surface area contributed by atoms with Crippen molar-refractivity contribution >= 4 is 35.3 Å². The molecule has 0 unspecified atom stereocenters. The summed E-state index contributed by atoms with van der Waals surface area (Å²) in [5.74, 6) is -3.10. The van der Waals surface area contributed by atoms with Gasteiger partial charge < -0.3 is 30.9 Å². The maximum atomic E-state index is 13.8. The predicted molar refractivity (Wildman–Crippen MR) is 163 cm³/mol. The van der Waals surface area contributed by atoms with Gasteiger partial charge in [-0.3, -0.25) is 24.0 Å². The van der Waals surface area contributed by atoms with Crippen LogP contribution >= 0.6 is 0 Å². The molecule has 2 aliphatic heterocycles. The summed E-state index contributed by atoms with van der Waals surface area (Å²) in [4.78, 5) is 79.0. The van der Waals surface area contributed by atoms with Gasteiger partial charge in [-0.05, 0) is 23.8 Å². The number of nitrogens with zero attached hydrogens (tertiary/aromatic N) is 2. The van der Waals surface area contributed by atoms with E-state index in [1.54, 1.807) is 13.8 Å². The molecule has 0 bridgehead atoms. The van der Waals surface area contributed by atoms with Crippen LogP contribution in [0.15, 0.2) is 53.9 Å². The van der Waals surface area contributed by atoms with Crippen molar-refractivity contribution in [1.82, 2.24) is 25.8 Å². The minimum atomic E-state index is -1.06. The van der Waals surface area contributed by atoms with Crippen molar-refractivity contribution in [3.8, 4) is 0 Å². The number of hydrogen-bond acceptors (Lipinski definition) is 8. The average Bonchev–Trinajstić information content (AvgIpc) is 2.93. The molecule has 238 valence electrons. The first-order valence-corrected chi connectivity index (χ1v) is 14.8. The number of aliphatic carboxylic acids is 1. The fourth-order valence-corrected chi connectivity index (χ4v) is 5.32. The van der Waals surface area contributed by atoms with Crippen molar-refractivity contribution in [2.75, 3.05) is 26.2 Å². The van der Waals surface area contributed by atoms with Crippen molar-refractivity contribution in [3.63, 3.8) is 0 Å². The molecule has 1 aromatic carbocycles. The van der Waals surface area contributed by atoms with Gasteiger partial charge in [0.05, 0.1) is 26.2 Å². The summed E-state index contributed by atoms with van der Waals surface area (Å²) in [6.45, 7) is 8.41. The molecule has 2 aliphatic rings. The Bertz CT molecular complexity index is 1320. The van der Waals surface area contributed by atoms with Gasteiger partial charge in [0, 0.05) is 36.9 Å².